The highest BCUT2D eigenvalue weighted by Crippen LogP contribution is 2.37. The van der Waals surface area contributed by atoms with E-state index >= 15 is 0 Å². The van der Waals surface area contributed by atoms with E-state index in [1.54, 1.807) is 6.07 Å². The number of methoxy groups -OCH3 is 1. The summed E-state index contributed by atoms with van der Waals surface area (Å²) in [5.41, 5.74) is 0.607. The van der Waals surface area contributed by atoms with Gasteiger partial charge in [0.1, 0.15) is 6.54 Å². The number of para-hydroxylation sites is 1. The minimum Gasteiger partial charge on any atom is -0.504 e. The van der Waals surface area contributed by atoms with Gasteiger partial charge in [0.05, 0.1) is 35.9 Å². The van der Waals surface area contributed by atoms with Gasteiger partial charge in [0.25, 0.3) is 5.91 Å². The van der Waals surface area contributed by atoms with Crippen molar-refractivity contribution in [3.8, 4) is 11.5 Å². The summed E-state index contributed by atoms with van der Waals surface area (Å²) in [6.07, 6.45) is -2.99. The van der Waals surface area contributed by atoms with Gasteiger partial charge >= 0.3 is 6.18 Å². The van der Waals surface area contributed by atoms with Gasteiger partial charge in [0, 0.05) is 5.56 Å². The second kappa shape index (κ2) is 9.43. The van der Waals surface area contributed by atoms with Gasteiger partial charge < -0.3 is 9.84 Å². The number of amides is 1. The van der Waals surface area contributed by atoms with Crippen molar-refractivity contribution in [2.24, 2.45) is 5.10 Å². The summed E-state index contributed by atoms with van der Waals surface area (Å²) in [4.78, 5) is 12.2. The van der Waals surface area contributed by atoms with E-state index in [-0.39, 0.29) is 17.1 Å². The zero-order valence-corrected chi connectivity index (χ0v) is 17.7. The summed E-state index contributed by atoms with van der Waals surface area (Å²) in [6, 6.07) is 7.00. The first-order chi connectivity index (χ1) is 14.3. The molecule has 2 aromatic carbocycles. The predicted octanol–water partition coefficient (Wildman–Crippen LogP) is 2.99. The van der Waals surface area contributed by atoms with Crippen LogP contribution in [-0.4, -0.2) is 45.6 Å². The molecule has 1 amide bonds. The number of rotatable bonds is 7. The number of carbonyl (C=O) groups excluding carboxylic acids is 1. The first-order valence-corrected chi connectivity index (χ1v) is 10.6. The highest BCUT2D eigenvalue weighted by Gasteiger charge is 2.34. The van der Waals surface area contributed by atoms with Gasteiger partial charge in [-0.05, 0) is 30.3 Å². The monoisotopic (exact) mass is 479 g/mol. The molecule has 31 heavy (non-hydrogen) atoms. The maximum Gasteiger partial charge on any atom is 0.417 e. The minimum atomic E-state index is -4.82. The molecule has 0 fully saturated rings. The molecule has 13 heteroatoms. The Morgan fingerprint density at radius 1 is 1.32 bits per heavy atom. The number of aromatic hydroxyl groups is 1. The molecular formula is C18H17ClF3N3O5S. The lowest BCUT2D eigenvalue weighted by Crippen LogP contribution is -2.39. The van der Waals surface area contributed by atoms with Crippen molar-refractivity contribution in [2.75, 3.05) is 24.2 Å². The largest absolute Gasteiger partial charge is 0.504 e. The van der Waals surface area contributed by atoms with Crippen molar-refractivity contribution in [3.63, 3.8) is 0 Å². The fraction of sp³-hybridized carbons (Fsp3) is 0.222. The maximum atomic E-state index is 13.1. The summed E-state index contributed by atoms with van der Waals surface area (Å²) in [5, 5.41) is 13.0. The standard InChI is InChI=1S/C18H17ClF3N3O5S/c1-30-15-5-3-4-11(17(15)27)9-23-24-16(26)10-25(31(2,28)29)12-6-7-14(19)13(8-12)18(20,21)22/h3-9,27H,10H2,1-2H3,(H,24,26)/b23-9-. The lowest BCUT2D eigenvalue weighted by atomic mass is 10.2. The van der Waals surface area contributed by atoms with E-state index < -0.39 is 44.9 Å². The van der Waals surface area contributed by atoms with E-state index in [9.17, 15) is 31.5 Å². The molecule has 0 spiro atoms. The zero-order chi connectivity index (χ0) is 23.4. The van der Waals surface area contributed by atoms with Crippen molar-refractivity contribution >= 4 is 39.4 Å². The van der Waals surface area contributed by atoms with Crippen molar-refractivity contribution in [2.45, 2.75) is 6.18 Å². The van der Waals surface area contributed by atoms with Crippen LogP contribution in [0.1, 0.15) is 11.1 Å². The van der Waals surface area contributed by atoms with Gasteiger partial charge in [-0.1, -0.05) is 17.7 Å². The van der Waals surface area contributed by atoms with Crippen LogP contribution in [-0.2, 0) is 21.0 Å². The van der Waals surface area contributed by atoms with Crippen LogP contribution in [0.25, 0.3) is 0 Å². The van der Waals surface area contributed by atoms with E-state index in [0.29, 0.717) is 10.4 Å². The number of nitrogens with zero attached hydrogens (tertiary/aromatic N) is 2. The number of hydrazone groups is 1. The van der Waals surface area contributed by atoms with Gasteiger partial charge in [-0.2, -0.15) is 18.3 Å². The smallest absolute Gasteiger partial charge is 0.417 e. The predicted molar refractivity (Wildman–Crippen MR) is 109 cm³/mol. The molecule has 0 aromatic heterocycles. The molecule has 0 atom stereocenters. The highest BCUT2D eigenvalue weighted by molar-refractivity contribution is 7.92. The second-order valence-corrected chi connectivity index (χ2v) is 8.44. The number of halogens is 4. The van der Waals surface area contributed by atoms with Crippen LogP contribution in [0.4, 0.5) is 18.9 Å². The lowest BCUT2D eigenvalue weighted by molar-refractivity contribution is -0.137. The van der Waals surface area contributed by atoms with Crippen LogP contribution < -0.4 is 14.5 Å². The molecule has 2 rings (SSSR count). The Hall–Kier alpha value is -2.99. The molecule has 2 N–H and O–H groups in total. The van der Waals surface area contributed by atoms with Gasteiger partial charge in [0.15, 0.2) is 11.5 Å². The van der Waals surface area contributed by atoms with Crippen molar-refractivity contribution < 1.29 is 36.2 Å². The van der Waals surface area contributed by atoms with Gasteiger partial charge in [0.2, 0.25) is 10.0 Å². The van der Waals surface area contributed by atoms with E-state index in [0.717, 1.165) is 24.6 Å². The number of hydrogen-bond acceptors (Lipinski definition) is 6. The molecule has 0 aliphatic carbocycles. The lowest BCUT2D eigenvalue weighted by Gasteiger charge is -2.22. The summed E-state index contributed by atoms with van der Waals surface area (Å²) in [5.74, 6) is -1.00. The average Bonchev–Trinajstić information content (AvgIpc) is 2.66. The molecule has 0 heterocycles. The van der Waals surface area contributed by atoms with Crippen LogP contribution in [0.5, 0.6) is 11.5 Å². The number of alkyl halides is 3. The van der Waals surface area contributed by atoms with Crippen molar-refractivity contribution in [1.82, 2.24) is 5.43 Å². The normalized spacial score (nSPS) is 12.1. The average molecular weight is 480 g/mol. The highest BCUT2D eigenvalue weighted by atomic mass is 35.5. The van der Waals surface area contributed by atoms with Crippen LogP contribution in [0.2, 0.25) is 5.02 Å². The minimum absolute atomic E-state index is 0.168. The van der Waals surface area contributed by atoms with Crippen molar-refractivity contribution in [1.29, 1.82) is 0 Å². The Labute approximate surface area is 180 Å². The van der Waals surface area contributed by atoms with E-state index in [2.05, 4.69) is 5.10 Å². The third-order valence-electron chi connectivity index (χ3n) is 3.87. The van der Waals surface area contributed by atoms with Crippen LogP contribution in [0.15, 0.2) is 41.5 Å². The Kier molecular flexibility index (Phi) is 7.39. The summed E-state index contributed by atoms with van der Waals surface area (Å²) in [7, 11) is -2.78. The number of hydrogen-bond donors (Lipinski definition) is 2. The molecule has 2 aromatic rings. The van der Waals surface area contributed by atoms with E-state index in [1.807, 2.05) is 5.43 Å². The fourth-order valence-electron chi connectivity index (χ4n) is 2.43. The first kappa shape index (κ1) is 24.3. The molecular weight excluding hydrogens is 463 g/mol. The zero-order valence-electron chi connectivity index (χ0n) is 16.1. The third-order valence-corrected chi connectivity index (χ3v) is 5.34. The van der Waals surface area contributed by atoms with Crippen LogP contribution >= 0.6 is 11.6 Å². The van der Waals surface area contributed by atoms with Crippen LogP contribution in [0, 0.1) is 0 Å². The first-order valence-electron chi connectivity index (χ1n) is 8.37. The van der Waals surface area contributed by atoms with Gasteiger partial charge in [-0.3, -0.25) is 9.10 Å². The van der Waals surface area contributed by atoms with Gasteiger partial charge in [-0.15, -0.1) is 0 Å². The number of phenols is 1. The summed E-state index contributed by atoms with van der Waals surface area (Å²) >= 11 is 5.55. The topological polar surface area (TPSA) is 108 Å². The molecule has 0 saturated carbocycles. The Morgan fingerprint density at radius 2 is 2.00 bits per heavy atom. The Morgan fingerprint density at radius 3 is 2.58 bits per heavy atom. The number of carbonyl (C=O) groups is 1. The fourth-order valence-corrected chi connectivity index (χ4v) is 3.51. The van der Waals surface area contributed by atoms with Crippen LogP contribution in [0.3, 0.4) is 0 Å². The second-order valence-electron chi connectivity index (χ2n) is 6.12. The number of sulfonamides is 1. The number of ether oxygens (including phenoxy) is 1. The molecule has 0 saturated heterocycles. The molecule has 8 nitrogen and oxygen atoms in total. The SMILES string of the molecule is COc1cccc(/C=N\NC(=O)CN(c2ccc(Cl)c(C(F)(F)F)c2)S(C)(=O)=O)c1O. The molecule has 0 unspecified atom stereocenters. The molecule has 0 aliphatic heterocycles. The number of benzene rings is 2. The maximum absolute atomic E-state index is 13.1. The molecule has 0 radical (unpaired) electrons. The number of nitrogens with one attached hydrogen (secondary N) is 1. The number of phenolic OH excluding ortho intramolecular Hbond substituents is 1. The molecule has 0 bridgehead atoms. The van der Waals surface area contributed by atoms with Crippen molar-refractivity contribution in [3.05, 3.63) is 52.5 Å². The molecule has 168 valence electrons. The number of anilines is 1. The quantitative estimate of drug-likeness (QED) is 0.469. The van der Waals surface area contributed by atoms with Gasteiger partial charge in [-0.25, -0.2) is 13.8 Å². The Bertz CT molecular complexity index is 1110. The summed E-state index contributed by atoms with van der Waals surface area (Å²) in [6.45, 7) is -0.848. The van der Waals surface area contributed by atoms with E-state index in [1.165, 1.54) is 19.2 Å². The third kappa shape index (κ3) is 6.25. The van der Waals surface area contributed by atoms with E-state index in [4.69, 9.17) is 16.3 Å². The summed E-state index contributed by atoms with van der Waals surface area (Å²) < 4.78 is 68.8. The molecule has 0 aliphatic rings. The Balaban J connectivity index is 2.22.